The van der Waals surface area contributed by atoms with E-state index >= 15 is 0 Å². The summed E-state index contributed by atoms with van der Waals surface area (Å²) < 4.78 is 5.18. The lowest BCUT2D eigenvalue weighted by Crippen LogP contribution is -2.33. The van der Waals surface area contributed by atoms with Gasteiger partial charge in [-0.1, -0.05) is 37.3 Å². The van der Waals surface area contributed by atoms with Gasteiger partial charge in [0.15, 0.2) is 0 Å². The van der Waals surface area contributed by atoms with Crippen molar-refractivity contribution in [3.05, 3.63) is 66.2 Å². The number of hydrogen-bond acceptors (Lipinski definition) is 4. The SMILES string of the molecule is COc1cccc(NC(=O)c2ccccc2N2C(=O)[C@H]3[C@H](CC=C[C@@H]3C)C2=O)c1. The van der Waals surface area contributed by atoms with E-state index < -0.39 is 5.91 Å². The lowest BCUT2D eigenvalue weighted by Gasteiger charge is -2.22. The zero-order valence-electron chi connectivity index (χ0n) is 16.3. The van der Waals surface area contributed by atoms with E-state index in [2.05, 4.69) is 5.32 Å². The van der Waals surface area contributed by atoms with Crippen LogP contribution in [-0.2, 0) is 9.59 Å². The number of amides is 3. The summed E-state index contributed by atoms with van der Waals surface area (Å²) in [7, 11) is 1.55. The second-order valence-electron chi connectivity index (χ2n) is 7.37. The van der Waals surface area contributed by atoms with Gasteiger partial charge in [0.1, 0.15) is 5.75 Å². The molecule has 1 saturated heterocycles. The third kappa shape index (κ3) is 3.31. The largest absolute Gasteiger partial charge is 0.497 e. The molecule has 1 aliphatic carbocycles. The molecule has 2 aliphatic rings. The van der Waals surface area contributed by atoms with Crippen molar-refractivity contribution in [3.63, 3.8) is 0 Å². The van der Waals surface area contributed by atoms with E-state index in [4.69, 9.17) is 4.74 Å². The summed E-state index contributed by atoms with van der Waals surface area (Å²) in [6.45, 7) is 1.95. The number of hydrogen-bond donors (Lipinski definition) is 1. The standard InChI is InChI=1S/C23H22N2O4/c1-14-7-5-11-18-20(14)23(28)25(22(18)27)19-12-4-3-10-17(19)21(26)24-15-8-6-9-16(13-15)29-2/h3-10,12-14,18,20H,11H2,1-2H3,(H,24,26)/t14-,18-,20+/m0/s1. The van der Waals surface area contributed by atoms with Crippen LogP contribution in [0.5, 0.6) is 5.75 Å². The molecule has 0 spiro atoms. The lowest BCUT2D eigenvalue weighted by atomic mass is 9.78. The van der Waals surface area contributed by atoms with Crippen LogP contribution in [-0.4, -0.2) is 24.8 Å². The molecule has 6 heteroatoms. The van der Waals surface area contributed by atoms with Crippen LogP contribution in [0.15, 0.2) is 60.7 Å². The number of carbonyl (C=O) groups excluding carboxylic acids is 3. The molecule has 1 aliphatic heterocycles. The van der Waals surface area contributed by atoms with Crippen LogP contribution in [0.25, 0.3) is 0 Å². The third-order valence-corrected chi connectivity index (χ3v) is 5.59. The quantitative estimate of drug-likeness (QED) is 0.639. The first-order valence-electron chi connectivity index (χ1n) is 9.60. The van der Waals surface area contributed by atoms with Crippen molar-refractivity contribution in [1.82, 2.24) is 0 Å². The third-order valence-electron chi connectivity index (χ3n) is 5.59. The van der Waals surface area contributed by atoms with E-state index in [1.165, 1.54) is 4.90 Å². The van der Waals surface area contributed by atoms with Gasteiger partial charge < -0.3 is 10.1 Å². The number of benzene rings is 2. The number of fused-ring (bicyclic) bond motifs is 1. The highest BCUT2D eigenvalue weighted by Gasteiger charge is 2.51. The van der Waals surface area contributed by atoms with Gasteiger partial charge in [0.25, 0.3) is 5.91 Å². The Morgan fingerprint density at radius 3 is 2.66 bits per heavy atom. The first kappa shape index (κ1) is 18.9. The molecule has 6 nitrogen and oxygen atoms in total. The van der Waals surface area contributed by atoms with E-state index in [0.717, 1.165) is 0 Å². The van der Waals surface area contributed by atoms with Crippen molar-refractivity contribution in [2.24, 2.45) is 17.8 Å². The molecule has 2 aromatic carbocycles. The number of nitrogens with one attached hydrogen (secondary N) is 1. The summed E-state index contributed by atoms with van der Waals surface area (Å²) in [5.41, 5.74) is 1.16. The first-order chi connectivity index (χ1) is 14.0. The van der Waals surface area contributed by atoms with E-state index in [0.29, 0.717) is 23.5 Å². The smallest absolute Gasteiger partial charge is 0.257 e. The second-order valence-corrected chi connectivity index (χ2v) is 7.37. The number of allylic oxidation sites excluding steroid dienone is 2. The molecule has 0 unspecified atom stereocenters. The minimum atomic E-state index is -0.393. The average Bonchev–Trinajstić information content (AvgIpc) is 2.99. The van der Waals surface area contributed by atoms with Crippen LogP contribution in [0, 0.1) is 17.8 Å². The van der Waals surface area contributed by atoms with Crippen molar-refractivity contribution >= 4 is 29.1 Å². The molecular formula is C23H22N2O4. The fourth-order valence-electron chi connectivity index (χ4n) is 4.14. The Morgan fingerprint density at radius 2 is 1.90 bits per heavy atom. The second kappa shape index (κ2) is 7.54. The maximum absolute atomic E-state index is 13.1. The summed E-state index contributed by atoms with van der Waals surface area (Å²) in [6.07, 6.45) is 4.49. The summed E-state index contributed by atoms with van der Waals surface area (Å²) in [5, 5.41) is 2.82. The van der Waals surface area contributed by atoms with Gasteiger partial charge in [-0.05, 0) is 36.6 Å². The number of ether oxygens (including phenoxy) is 1. The highest BCUT2D eigenvalue weighted by molar-refractivity contribution is 6.25. The number of methoxy groups -OCH3 is 1. The van der Waals surface area contributed by atoms with Crippen LogP contribution in [0.2, 0.25) is 0 Å². The van der Waals surface area contributed by atoms with Gasteiger partial charge in [-0.3, -0.25) is 14.4 Å². The van der Waals surface area contributed by atoms with Gasteiger partial charge in [-0.25, -0.2) is 4.90 Å². The van der Waals surface area contributed by atoms with Crippen LogP contribution < -0.4 is 15.0 Å². The molecule has 0 saturated carbocycles. The fourth-order valence-corrected chi connectivity index (χ4v) is 4.14. The zero-order chi connectivity index (χ0) is 20.5. The topological polar surface area (TPSA) is 75.7 Å². The van der Waals surface area contributed by atoms with Crippen molar-refractivity contribution in [3.8, 4) is 5.75 Å². The summed E-state index contributed by atoms with van der Waals surface area (Å²) >= 11 is 0. The predicted octanol–water partition coefficient (Wildman–Crippen LogP) is 3.65. The normalized spacial score (nSPS) is 23.1. The van der Waals surface area contributed by atoms with E-state index in [1.807, 2.05) is 19.1 Å². The van der Waals surface area contributed by atoms with E-state index in [9.17, 15) is 14.4 Å². The average molecular weight is 390 g/mol. The Bertz CT molecular complexity index is 1010. The van der Waals surface area contributed by atoms with Crippen LogP contribution in [0.1, 0.15) is 23.7 Å². The maximum Gasteiger partial charge on any atom is 0.257 e. The van der Waals surface area contributed by atoms with Crippen LogP contribution in [0.3, 0.4) is 0 Å². The van der Waals surface area contributed by atoms with Crippen LogP contribution in [0.4, 0.5) is 11.4 Å². The molecule has 0 radical (unpaired) electrons. The summed E-state index contributed by atoms with van der Waals surface area (Å²) in [5.74, 6) is -0.995. The molecule has 0 bridgehead atoms. The molecule has 148 valence electrons. The van der Waals surface area contributed by atoms with Crippen molar-refractivity contribution in [1.29, 1.82) is 0 Å². The minimum Gasteiger partial charge on any atom is -0.497 e. The highest BCUT2D eigenvalue weighted by atomic mass is 16.5. The first-order valence-corrected chi connectivity index (χ1v) is 9.60. The van der Waals surface area contributed by atoms with Gasteiger partial charge in [0, 0.05) is 11.8 Å². The number of nitrogens with zero attached hydrogens (tertiary/aromatic N) is 1. The number of rotatable bonds is 4. The number of carbonyl (C=O) groups is 3. The fraction of sp³-hybridized carbons (Fsp3) is 0.261. The van der Waals surface area contributed by atoms with Gasteiger partial charge >= 0.3 is 0 Å². The Hall–Kier alpha value is -3.41. The van der Waals surface area contributed by atoms with E-state index in [-0.39, 0.29) is 35.1 Å². The molecule has 3 atom stereocenters. The molecule has 1 N–H and O–H groups in total. The molecule has 2 aromatic rings. The molecular weight excluding hydrogens is 368 g/mol. The Kier molecular flexibility index (Phi) is 4.92. The van der Waals surface area contributed by atoms with Gasteiger partial charge in [-0.15, -0.1) is 0 Å². The zero-order valence-corrected chi connectivity index (χ0v) is 16.3. The van der Waals surface area contributed by atoms with E-state index in [1.54, 1.807) is 55.6 Å². The molecule has 4 rings (SSSR count). The monoisotopic (exact) mass is 390 g/mol. The van der Waals surface area contributed by atoms with Gasteiger partial charge in [-0.2, -0.15) is 0 Å². The van der Waals surface area contributed by atoms with Gasteiger partial charge in [0.05, 0.1) is 30.2 Å². The van der Waals surface area contributed by atoms with Crippen molar-refractivity contribution < 1.29 is 19.1 Å². The Morgan fingerprint density at radius 1 is 1.10 bits per heavy atom. The number of anilines is 2. The van der Waals surface area contributed by atoms with Crippen molar-refractivity contribution in [2.75, 3.05) is 17.3 Å². The minimum absolute atomic E-state index is 0.00651. The van der Waals surface area contributed by atoms with Crippen LogP contribution >= 0.6 is 0 Å². The molecule has 1 fully saturated rings. The molecule has 1 heterocycles. The maximum atomic E-state index is 13.1. The summed E-state index contributed by atoms with van der Waals surface area (Å²) in [6, 6.07) is 13.7. The molecule has 0 aromatic heterocycles. The highest BCUT2D eigenvalue weighted by Crippen LogP contribution is 2.41. The van der Waals surface area contributed by atoms with Gasteiger partial charge in [0.2, 0.25) is 11.8 Å². The lowest BCUT2D eigenvalue weighted by molar-refractivity contribution is -0.122. The summed E-state index contributed by atoms with van der Waals surface area (Å²) in [4.78, 5) is 40.3. The van der Waals surface area contributed by atoms with Crippen molar-refractivity contribution in [2.45, 2.75) is 13.3 Å². The Labute approximate surface area is 169 Å². The molecule has 29 heavy (non-hydrogen) atoms. The Balaban J connectivity index is 1.66. The number of para-hydroxylation sites is 1. The number of imide groups is 1. The molecule has 3 amide bonds. The predicted molar refractivity (Wildman–Crippen MR) is 110 cm³/mol.